The van der Waals surface area contributed by atoms with Crippen molar-refractivity contribution in [3.05, 3.63) is 23.8 Å². The van der Waals surface area contributed by atoms with Crippen LogP contribution in [0.4, 0.5) is 0 Å². The van der Waals surface area contributed by atoms with Crippen molar-refractivity contribution < 1.29 is 28.5 Å². The van der Waals surface area contributed by atoms with E-state index in [-0.39, 0.29) is 12.5 Å². The minimum absolute atomic E-state index is 0.293. The molecule has 7 heteroatoms. The first-order valence-corrected chi connectivity index (χ1v) is 7.44. The van der Waals surface area contributed by atoms with E-state index in [0.717, 1.165) is 0 Å². The third-order valence-corrected chi connectivity index (χ3v) is 2.74. The molecule has 0 unspecified atom stereocenters. The summed E-state index contributed by atoms with van der Waals surface area (Å²) in [6.07, 6.45) is 0. The molecule has 1 aromatic rings. The van der Waals surface area contributed by atoms with E-state index in [9.17, 15) is 9.59 Å². The van der Waals surface area contributed by atoms with Crippen LogP contribution in [0.5, 0.6) is 11.5 Å². The predicted molar refractivity (Wildman–Crippen MR) is 83.9 cm³/mol. The highest BCUT2D eigenvalue weighted by molar-refractivity contribution is 5.92. The Labute approximate surface area is 135 Å². The van der Waals surface area contributed by atoms with Crippen LogP contribution in [-0.2, 0) is 14.3 Å². The quantitative estimate of drug-likeness (QED) is 0.517. The van der Waals surface area contributed by atoms with E-state index < -0.39 is 5.97 Å². The van der Waals surface area contributed by atoms with Gasteiger partial charge in [-0.3, -0.25) is 4.79 Å². The zero-order valence-electron chi connectivity index (χ0n) is 13.7. The van der Waals surface area contributed by atoms with Gasteiger partial charge in [-0.15, -0.1) is 0 Å². The van der Waals surface area contributed by atoms with Crippen molar-refractivity contribution >= 4 is 11.9 Å². The summed E-state index contributed by atoms with van der Waals surface area (Å²) in [5, 5.41) is 2.56. The Hall–Kier alpha value is -2.28. The Morgan fingerprint density at radius 3 is 2.43 bits per heavy atom. The maximum Gasteiger partial charge on any atom is 0.338 e. The van der Waals surface area contributed by atoms with Gasteiger partial charge in [-0.2, -0.15) is 0 Å². The molecule has 0 atom stereocenters. The lowest BCUT2D eigenvalue weighted by Gasteiger charge is -2.12. The Kier molecular flexibility index (Phi) is 8.52. The lowest BCUT2D eigenvalue weighted by atomic mass is 10.2. The summed E-state index contributed by atoms with van der Waals surface area (Å²) < 4.78 is 20.6. The minimum Gasteiger partial charge on any atom is -0.490 e. The molecule has 1 rings (SSSR count). The van der Waals surface area contributed by atoms with Gasteiger partial charge in [0.15, 0.2) is 18.1 Å². The molecule has 23 heavy (non-hydrogen) atoms. The van der Waals surface area contributed by atoms with Crippen LogP contribution in [0.2, 0.25) is 0 Å². The maximum atomic E-state index is 12.0. The monoisotopic (exact) mass is 325 g/mol. The summed E-state index contributed by atoms with van der Waals surface area (Å²) in [4.78, 5) is 23.5. The van der Waals surface area contributed by atoms with Crippen molar-refractivity contribution in [2.75, 3.05) is 40.1 Å². The topological polar surface area (TPSA) is 83.1 Å². The van der Waals surface area contributed by atoms with E-state index in [1.54, 1.807) is 18.2 Å². The standard InChI is InChI=1S/C16H23NO6/c1-4-21-13-7-6-12(10-14(13)22-5-2)16(19)23-11-15(18)17-8-9-20-3/h6-7,10H,4-5,8-9,11H2,1-3H3,(H,17,18). The molecule has 0 spiro atoms. The Balaban J connectivity index is 2.61. The lowest BCUT2D eigenvalue weighted by Crippen LogP contribution is -2.31. The van der Waals surface area contributed by atoms with Gasteiger partial charge in [0.05, 0.1) is 25.4 Å². The van der Waals surface area contributed by atoms with E-state index >= 15 is 0 Å². The highest BCUT2D eigenvalue weighted by atomic mass is 16.5. The van der Waals surface area contributed by atoms with Crippen LogP contribution in [-0.4, -0.2) is 52.0 Å². The number of hydrogen-bond acceptors (Lipinski definition) is 6. The number of benzene rings is 1. The second-order valence-electron chi connectivity index (χ2n) is 4.45. The smallest absolute Gasteiger partial charge is 0.338 e. The molecule has 0 bridgehead atoms. The van der Waals surface area contributed by atoms with Crippen LogP contribution in [0.1, 0.15) is 24.2 Å². The van der Waals surface area contributed by atoms with Gasteiger partial charge in [0.2, 0.25) is 0 Å². The number of nitrogens with one attached hydrogen (secondary N) is 1. The van der Waals surface area contributed by atoms with Gasteiger partial charge < -0.3 is 24.3 Å². The van der Waals surface area contributed by atoms with Crippen molar-refractivity contribution in [2.45, 2.75) is 13.8 Å². The zero-order chi connectivity index (χ0) is 17.1. The van der Waals surface area contributed by atoms with Gasteiger partial charge in [0.25, 0.3) is 5.91 Å². The van der Waals surface area contributed by atoms with E-state index in [1.807, 2.05) is 13.8 Å². The maximum absolute atomic E-state index is 12.0. The van der Waals surface area contributed by atoms with Gasteiger partial charge in [0.1, 0.15) is 0 Å². The van der Waals surface area contributed by atoms with Gasteiger partial charge >= 0.3 is 5.97 Å². The molecule has 1 amide bonds. The number of methoxy groups -OCH3 is 1. The molecule has 0 saturated carbocycles. The van der Waals surface area contributed by atoms with E-state index in [1.165, 1.54) is 7.11 Å². The first-order chi connectivity index (χ1) is 11.1. The first-order valence-electron chi connectivity index (χ1n) is 7.44. The third-order valence-electron chi connectivity index (χ3n) is 2.74. The molecule has 1 aromatic carbocycles. The summed E-state index contributed by atoms with van der Waals surface area (Å²) in [5.74, 6) is 0.0406. The molecule has 128 valence electrons. The summed E-state index contributed by atoms with van der Waals surface area (Å²) in [6, 6.07) is 4.75. The number of hydrogen-bond donors (Lipinski definition) is 1. The molecule has 1 N–H and O–H groups in total. The lowest BCUT2D eigenvalue weighted by molar-refractivity contribution is -0.124. The third kappa shape index (κ3) is 6.56. The summed E-state index contributed by atoms with van der Waals surface area (Å²) in [5.41, 5.74) is 0.293. The van der Waals surface area contributed by atoms with Gasteiger partial charge in [0, 0.05) is 13.7 Å². The Morgan fingerprint density at radius 1 is 1.09 bits per heavy atom. The molecular weight excluding hydrogens is 302 g/mol. The number of ether oxygens (including phenoxy) is 4. The van der Waals surface area contributed by atoms with Gasteiger partial charge in [-0.25, -0.2) is 4.79 Å². The minimum atomic E-state index is -0.601. The fourth-order valence-corrected chi connectivity index (χ4v) is 1.74. The van der Waals surface area contributed by atoms with Crippen molar-refractivity contribution in [2.24, 2.45) is 0 Å². The van der Waals surface area contributed by atoms with Crippen molar-refractivity contribution in [1.29, 1.82) is 0 Å². The van der Waals surface area contributed by atoms with Crippen LogP contribution < -0.4 is 14.8 Å². The van der Waals surface area contributed by atoms with Crippen LogP contribution in [0.3, 0.4) is 0 Å². The van der Waals surface area contributed by atoms with Crippen LogP contribution in [0.15, 0.2) is 18.2 Å². The van der Waals surface area contributed by atoms with Gasteiger partial charge in [-0.05, 0) is 32.0 Å². The average Bonchev–Trinajstić information content (AvgIpc) is 2.55. The molecule has 0 fully saturated rings. The summed E-state index contributed by atoms with van der Waals surface area (Å²) in [7, 11) is 1.54. The van der Waals surface area contributed by atoms with Crippen LogP contribution >= 0.6 is 0 Å². The Morgan fingerprint density at radius 2 is 1.78 bits per heavy atom. The summed E-state index contributed by atoms with van der Waals surface area (Å²) in [6.45, 7) is 5.05. The van der Waals surface area contributed by atoms with Crippen molar-refractivity contribution in [1.82, 2.24) is 5.32 Å². The second kappa shape index (κ2) is 10.4. The number of amides is 1. The highest BCUT2D eigenvalue weighted by Crippen LogP contribution is 2.28. The second-order valence-corrected chi connectivity index (χ2v) is 4.45. The van der Waals surface area contributed by atoms with Crippen LogP contribution in [0.25, 0.3) is 0 Å². The number of rotatable bonds is 10. The average molecular weight is 325 g/mol. The molecular formula is C16H23NO6. The molecule has 0 aliphatic carbocycles. The van der Waals surface area contributed by atoms with E-state index in [4.69, 9.17) is 18.9 Å². The first kappa shape index (κ1) is 18.8. The molecule has 0 aliphatic heterocycles. The van der Waals surface area contributed by atoms with E-state index in [2.05, 4.69) is 5.32 Å². The Bertz CT molecular complexity index is 517. The number of carbonyl (C=O) groups is 2. The number of esters is 1. The fourth-order valence-electron chi connectivity index (χ4n) is 1.74. The summed E-state index contributed by atoms with van der Waals surface area (Å²) >= 11 is 0. The normalized spacial score (nSPS) is 10.0. The molecule has 0 heterocycles. The largest absolute Gasteiger partial charge is 0.490 e. The molecule has 0 radical (unpaired) electrons. The molecule has 0 aliphatic rings. The fraction of sp³-hybridized carbons (Fsp3) is 0.500. The highest BCUT2D eigenvalue weighted by Gasteiger charge is 2.14. The van der Waals surface area contributed by atoms with E-state index in [0.29, 0.717) is 43.4 Å². The van der Waals surface area contributed by atoms with Crippen molar-refractivity contribution in [3.8, 4) is 11.5 Å². The molecule has 7 nitrogen and oxygen atoms in total. The van der Waals surface area contributed by atoms with Gasteiger partial charge in [-0.1, -0.05) is 0 Å². The predicted octanol–water partition coefficient (Wildman–Crippen LogP) is 1.40. The molecule has 0 saturated heterocycles. The zero-order valence-corrected chi connectivity index (χ0v) is 13.7. The van der Waals surface area contributed by atoms with Crippen molar-refractivity contribution in [3.63, 3.8) is 0 Å². The molecule has 0 aromatic heterocycles. The number of carbonyl (C=O) groups excluding carboxylic acids is 2. The van der Waals surface area contributed by atoms with Crippen LogP contribution in [0, 0.1) is 0 Å². The SMILES string of the molecule is CCOc1ccc(C(=O)OCC(=O)NCCOC)cc1OCC.